The Balaban J connectivity index is 1.99. The zero-order valence-electron chi connectivity index (χ0n) is 10.9. The first-order valence-corrected chi connectivity index (χ1v) is 7.49. The van der Waals surface area contributed by atoms with Crippen LogP contribution in [0.4, 0.5) is 0 Å². The molecule has 1 saturated heterocycles. The Labute approximate surface area is 117 Å². The molecule has 1 heterocycles. The summed E-state index contributed by atoms with van der Waals surface area (Å²) in [6, 6.07) is 8.19. The van der Waals surface area contributed by atoms with Crippen LogP contribution in [-0.4, -0.2) is 29.8 Å². The smallest absolute Gasteiger partial charge is 0.176 e. The predicted molar refractivity (Wildman–Crippen MR) is 78.0 cm³/mol. The van der Waals surface area contributed by atoms with Crippen LogP contribution in [0.15, 0.2) is 28.7 Å². The van der Waals surface area contributed by atoms with Crippen molar-refractivity contribution in [1.82, 2.24) is 4.90 Å². The maximum Gasteiger partial charge on any atom is 0.176 e. The highest BCUT2D eigenvalue weighted by Gasteiger charge is 2.19. The van der Waals surface area contributed by atoms with Gasteiger partial charge in [-0.05, 0) is 38.4 Å². The number of likely N-dealkylation sites (tertiary alicyclic amines) is 1. The van der Waals surface area contributed by atoms with E-state index >= 15 is 0 Å². The van der Waals surface area contributed by atoms with Gasteiger partial charge in [-0.3, -0.25) is 9.69 Å². The molecule has 0 amide bonds. The van der Waals surface area contributed by atoms with Crippen molar-refractivity contribution in [2.75, 3.05) is 13.1 Å². The third kappa shape index (κ3) is 3.66. The van der Waals surface area contributed by atoms with Crippen LogP contribution in [0.5, 0.6) is 0 Å². The molecule has 0 aromatic heterocycles. The number of halogens is 1. The normalized spacial score (nSPS) is 21.6. The molecule has 0 radical (unpaired) electrons. The van der Waals surface area contributed by atoms with E-state index in [1.165, 1.54) is 25.7 Å². The molecule has 1 fully saturated rings. The summed E-state index contributed by atoms with van der Waals surface area (Å²) in [6.07, 6.45) is 5.03. The Morgan fingerprint density at radius 1 is 1.28 bits per heavy atom. The highest BCUT2D eigenvalue weighted by molar-refractivity contribution is 9.10. The van der Waals surface area contributed by atoms with Crippen LogP contribution in [0.1, 0.15) is 43.0 Å². The second-order valence-electron chi connectivity index (χ2n) is 5.10. The molecular weight excluding hydrogens is 290 g/mol. The van der Waals surface area contributed by atoms with E-state index in [-0.39, 0.29) is 5.78 Å². The summed E-state index contributed by atoms with van der Waals surface area (Å²) in [5, 5.41) is 0. The maximum atomic E-state index is 12.2. The van der Waals surface area contributed by atoms with Gasteiger partial charge in [0, 0.05) is 16.1 Å². The topological polar surface area (TPSA) is 20.3 Å². The number of hydrogen-bond donors (Lipinski definition) is 0. The number of Topliss-reactive ketones (excluding diaryl/α,β-unsaturated/α-hetero) is 1. The summed E-state index contributed by atoms with van der Waals surface area (Å²) >= 11 is 3.39. The Morgan fingerprint density at radius 3 is 2.72 bits per heavy atom. The van der Waals surface area contributed by atoms with Crippen LogP contribution in [0, 0.1) is 0 Å². The van der Waals surface area contributed by atoms with E-state index in [0.29, 0.717) is 12.6 Å². The van der Waals surface area contributed by atoms with Crippen LogP contribution in [0.2, 0.25) is 0 Å². The highest BCUT2D eigenvalue weighted by Crippen LogP contribution is 2.17. The van der Waals surface area contributed by atoms with Crippen molar-refractivity contribution >= 4 is 21.7 Å². The molecule has 1 unspecified atom stereocenters. The molecule has 1 aromatic rings. The van der Waals surface area contributed by atoms with E-state index in [9.17, 15) is 4.79 Å². The number of benzene rings is 1. The van der Waals surface area contributed by atoms with E-state index in [2.05, 4.69) is 27.8 Å². The minimum Gasteiger partial charge on any atom is -0.293 e. The van der Waals surface area contributed by atoms with Crippen molar-refractivity contribution in [1.29, 1.82) is 0 Å². The lowest BCUT2D eigenvalue weighted by Gasteiger charge is -2.25. The minimum atomic E-state index is 0.233. The van der Waals surface area contributed by atoms with E-state index in [4.69, 9.17) is 0 Å². The third-order valence-electron chi connectivity index (χ3n) is 3.70. The lowest BCUT2D eigenvalue weighted by Crippen LogP contribution is -2.37. The van der Waals surface area contributed by atoms with Crippen LogP contribution < -0.4 is 0 Å². The molecule has 2 nitrogen and oxygen atoms in total. The number of ketones is 1. The summed E-state index contributed by atoms with van der Waals surface area (Å²) in [6.45, 7) is 3.85. The number of carbonyl (C=O) groups is 1. The quantitative estimate of drug-likeness (QED) is 0.789. The molecule has 0 N–H and O–H groups in total. The van der Waals surface area contributed by atoms with Gasteiger partial charge >= 0.3 is 0 Å². The second-order valence-corrected chi connectivity index (χ2v) is 6.01. The van der Waals surface area contributed by atoms with Crippen LogP contribution in [-0.2, 0) is 0 Å². The fourth-order valence-corrected chi connectivity index (χ4v) is 2.75. The molecule has 1 aromatic carbocycles. The van der Waals surface area contributed by atoms with Gasteiger partial charge in [0.1, 0.15) is 0 Å². The molecule has 0 spiro atoms. The molecule has 1 atom stereocenters. The van der Waals surface area contributed by atoms with Gasteiger partial charge in [0.2, 0.25) is 0 Å². The first-order valence-electron chi connectivity index (χ1n) is 6.69. The first-order chi connectivity index (χ1) is 8.66. The maximum absolute atomic E-state index is 12.2. The van der Waals surface area contributed by atoms with Crippen molar-refractivity contribution in [3.8, 4) is 0 Å². The predicted octanol–water partition coefficient (Wildman–Crippen LogP) is 3.90. The summed E-state index contributed by atoms with van der Waals surface area (Å²) in [4.78, 5) is 14.6. The van der Waals surface area contributed by atoms with Crippen molar-refractivity contribution in [2.45, 2.75) is 38.6 Å². The highest BCUT2D eigenvalue weighted by atomic mass is 79.9. The van der Waals surface area contributed by atoms with E-state index < -0.39 is 0 Å². The van der Waals surface area contributed by atoms with E-state index in [1.807, 2.05) is 24.3 Å². The first kappa shape index (κ1) is 13.8. The summed E-state index contributed by atoms with van der Waals surface area (Å²) in [7, 11) is 0. The Morgan fingerprint density at radius 2 is 2.00 bits per heavy atom. The Hall–Kier alpha value is -0.670. The van der Waals surface area contributed by atoms with Crippen molar-refractivity contribution in [3.63, 3.8) is 0 Å². The van der Waals surface area contributed by atoms with E-state index in [1.54, 1.807) is 0 Å². The molecule has 0 bridgehead atoms. The summed E-state index contributed by atoms with van der Waals surface area (Å²) in [5.41, 5.74) is 0.814. The zero-order valence-corrected chi connectivity index (χ0v) is 12.4. The molecule has 2 rings (SSSR count). The number of hydrogen-bond acceptors (Lipinski definition) is 2. The molecular formula is C15H20BrNO. The molecule has 0 aliphatic carbocycles. The van der Waals surface area contributed by atoms with Gasteiger partial charge in [0.15, 0.2) is 5.78 Å². The molecule has 1 aliphatic heterocycles. The second kappa shape index (κ2) is 6.48. The van der Waals surface area contributed by atoms with Crippen LogP contribution in [0.25, 0.3) is 0 Å². The Kier molecular flexibility index (Phi) is 4.95. The van der Waals surface area contributed by atoms with Crippen LogP contribution in [0.3, 0.4) is 0 Å². The average molecular weight is 310 g/mol. The largest absolute Gasteiger partial charge is 0.293 e. The van der Waals surface area contributed by atoms with Crippen molar-refractivity contribution in [3.05, 3.63) is 34.3 Å². The fourth-order valence-electron chi connectivity index (χ4n) is 2.48. The SMILES string of the molecule is CC1CCCCCN1CC(=O)c1ccc(Br)cc1. The monoisotopic (exact) mass is 309 g/mol. The minimum absolute atomic E-state index is 0.233. The molecule has 18 heavy (non-hydrogen) atoms. The molecule has 3 heteroatoms. The van der Waals surface area contributed by atoms with Gasteiger partial charge in [-0.25, -0.2) is 0 Å². The standard InChI is InChI=1S/C15H20BrNO/c1-12-5-3-2-4-10-17(12)11-15(18)13-6-8-14(16)9-7-13/h6-9,12H,2-5,10-11H2,1H3. The van der Waals surface area contributed by atoms with Gasteiger partial charge in [0.05, 0.1) is 6.54 Å². The van der Waals surface area contributed by atoms with Gasteiger partial charge in [-0.15, -0.1) is 0 Å². The lowest BCUT2D eigenvalue weighted by atomic mass is 10.1. The van der Waals surface area contributed by atoms with Gasteiger partial charge in [0.25, 0.3) is 0 Å². The Bertz CT molecular complexity index is 401. The third-order valence-corrected chi connectivity index (χ3v) is 4.23. The van der Waals surface area contributed by atoms with Gasteiger partial charge in [-0.1, -0.05) is 40.9 Å². The van der Waals surface area contributed by atoms with E-state index in [0.717, 1.165) is 16.6 Å². The van der Waals surface area contributed by atoms with Crippen molar-refractivity contribution < 1.29 is 4.79 Å². The number of carbonyl (C=O) groups excluding carboxylic acids is 1. The summed E-state index contributed by atoms with van der Waals surface area (Å²) in [5.74, 6) is 0.233. The zero-order chi connectivity index (χ0) is 13.0. The molecule has 98 valence electrons. The van der Waals surface area contributed by atoms with Crippen molar-refractivity contribution in [2.24, 2.45) is 0 Å². The molecule has 1 aliphatic rings. The number of rotatable bonds is 3. The van der Waals surface area contributed by atoms with Gasteiger partial charge < -0.3 is 0 Å². The number of nitrogens with zero attached hydrogens (tertiary/aromatic N) is 1. The average Bonchev–Trinajstić information content (AvgIpc) is 2.56. The summed E-state index contributed by atoms with van der Waals surface area (Å²) < 4.78 is 1.02. The fraction of sp³-hybridized carbons (Fsp3) is 0.533. The van der Waals surface area contributed by atoms with Crippen LogP contribution >= 0.6 is 15.9 Å². The lowest BCUT2D eigenvalue weighted by molar-refractivity contribution is 0.0901. The molecule has 0 saturated carbocycles. The van der Waals surface area contributed by atoms with Gasteiger partial charge in [-0.2, -0.15) is 0 Å².